The Balaban J connectivity index is 2.00. The van der Waals surface area contributed by atoms with Crippen molar-refractivity contribution in [2.75, 3.05) is 13.1 Å². The van der Waals surface area contributed by atoms with Crippen LogP contribution in [0.4, 0.5) is 0 Å². The van der Waals surface area contributed by atoms with E-state index in [1.807, 2.05) is 6.92 Å². The molecule has 0 radical (unpaired) electrons. The molecule has 2 fully saturated rings. The van der Waals surface area contributed by atoms with Crippen molar-refractivity contribution in [3.63, 3.8) is 0 Å². The van der Waals surface area contributed by atoms with Crippen LogP contribution >= 0.6 is 0 Å². The second-order valence-corrected chi connectivity index (χ2v) is 5.75. The van der Waals surface area contributed by atoms with Crippen molar-refractivity contribution in [3.05, 3.63) is 0 Å². The van der Waals surface area contributed by atoms with Crippen LogP contribution in [-0.2, 0) is 0 Å². The molecule has 16 heavy (non-hydrogen) atoms. The minimum absolute atomic E-state index is 0.681. The van der Waals surface area contributed by atoms with Crippen LogP contribution in [0.3, 0.4) is 0 Å². The molecule has 90 valence electrons. The van der Waals surface area contributed by atoms with Crippen LogP contribution in [0, 0.1) is 17.2 Å². The van der Waals surface area contributed by atoms with E-state index in [0.717, 1.165) is 19.0 Å². The van der Waals surface area contributed by atoms with Crippen LogP contribution < -0.4 is 5.73 Å². The van der Waals surface area contributed by atoms with Crippen molar-refractivity contribution >= 4 is 0 Å². The van der Waals surface area contributed by atoms with Gasteiger partial charge < -0.3 is 5.73 Å². The lowest BCUT2D eigenvalue weighted by Gasteiger charge is -2.45. The summed E-state index contributed by atoms with van der Waals surface area (Å²) in [6, 6.07) is 2.93. The van der Waals surface area contributed by atoms with Gasteiger partial charge in [0, 0.05) is 12.6 Å². The molecule has 0 aromatic rings. The van der Waals surface area contributed by atoms with Crippen LogP contribution in [0.5, 0.6) is 0 Å². The van der Waals surface area contributed by atoms with Crippen LogP contribution in [0.2, 0.25) is 0 Å². The van der Waals surface area contributed by atoms with E-state index in [9.17, 15) is 0 Å². The summed E-state index contributed by atoms with van der Waals surface area (Å²) in [6.45, 7) is 3.72. The summed E-state index contributed by atoms with van der Waals surface area (Å²) in [7, 11) is 0. The van der Waals surface area contributed by atoms with Crippen molar-refractivity contribution in [3.8, 4) is 6.07 Å². The van der Waals surface area contributed by atoms with Gasteiger partial charge in [-0.25, -0.2) is 0 Å². The highest BCUT2D eigenvalue weighted by molar-refractivity contribution is 5.04. The topological polar surface area (TPSA) is 53.1 Å². The van der Waals surface area contributed by atoms with Gasteiger partial charge in [-0.15, -0.1) is 0 Å². The summed E-state index contributed by atoms with van der Waals surface area (Å²) >= 11 is 0. The summed E-state index contributed by atoms with van der Waals surface area (Å²) in [4.78, 5) is 2.48. The minimum Gasteiger partial charge on any atom is -0.313 e. The van der Waals surface area contributed by atoms with Crippen molar-refractivity contribution in [1.82, 2.24) is 4.90 Å². The molecule has 1 saturated heterocycles. The molecule has 3 nitrogen and oxygen atoms in total. The Kier molecular flexibility index (Phi) is 3.51. The Morgan fingerprint density at radius 3 is 2.75 bits per heavy atom. The van der Waals surface area contributed by atoms with E-state index in [-0.39, 0.29) is 0 Å². The largest absolute Gasteiger partial charge is 0.313 e. The normalized spacial score (nSPS) is 34.8. The zero-order valence-electron chi connectivity index (χ0n) is 10.3. The summed E-state index contributed by atoms with van der Waals surface area (Å²) in [5, 5.41) is 9.02. The van der Waals surface area contributed by atoms with Crippen molar-refractivity contribution in [2.24, 2.45) is 11.7 Å². The number of nitriles is 1. The Hall–Kier alpha value is -0.590. The molecule has 2 rings (SSSR count). The Morgan fingerprint density at radius 1 is 1.31 bits per heavy atom. The molecule has 3 atom stereocenters. The van der Waals surface area contributed by atoms with E-state index in [1.165, 1.54) is 38.5 Å². The SMILES string of the molecule is CC(N)(C#N)CN1CCC[C@H]2CCCC[C@H]21. The first-order valence-corrected chi connectivity index (χ1v) is 6.56. The van der Waals surface area contributed by atoms with E-state index in [2.05, 4.69) is 11.0 Å². The quantitative estimate of drug-likeness (QED) is 0.774. The smallest absolute Gasteiger partial charge is 0.114 e. The maximum Gasteiger partial charge on any atom is 0.114 e. The highest BCUT2D eigenvalue weighted by Crippen LogP contribution is 2.35. The summed E-state index contributed by atoms with van der Waals surface area (Å²) in [6.07, 6.45) is 8.11. The zero-order chi connectivity index (χ0) is 11.6. The third-order valence-electron chi connectivity index (χ3n) is 4.15. The van der Waals surface area contributed by atoms with E-state index < -0.39 is 5.54 Å². The molecule has 1 aliphatic carbocycles. The lowest BCUT2D eigenvalue weighted by molar-refractivity contribution is 0.0513. The average molecular weight is 221 g/mol. The molecule has 2 aliphatic rings. The molecule has 3 heteroatoms. The van der Waals surface area contributed by atoms with Gasteiger partial charge in [0.25, 0.3) is 0 Å². The van der Waals surface area contributed by atoms with Gasteiger partial charge in [0.1, 0.15) is 5.54 Å². The molecule has 1 aliphatic heterocycles. The van der Waals surface area contributed by atoms with Gasteiger partial charge in [-0.2, -0.15) is 5.26 Å². The lowest BCUT2D eigenvalue weighted by Crippen LogP contribution is -2.54. The predicted molar refractivity (Wildman–Crippen MR) is 64.8 cm³/mol. The van der Waals surface area contributed by atoms with E-state index >= 15 is 0 Å². The summed E-state index contributed by atoms with van der Waals surface area (Å²) in [5.41, 5.74) is 5.28. The summed E-state index contributed by atoms with van der Waals surface area (Å²) in [5.74, 6) is 0.872. The van der Waals surface area contributed by atoms with Crippen LogP contribution in [0.1, 0.15) is 45.4 Å². The van der Waals surface area contributed by atoms with Gasteiger partial charge in [-0.1, -0.05) is 12.8 Å². The predicted octanol–water partition coefficient (Wildman–Crippen LogP) is 1.88. The Labute approximate surface area is 98.6 Å². The maximum absolute atomic E-state index is 9.02. The fourth-order valence-electron chi connectivity index (χ4n) is 3.38. The number of hydrogen-bond acceptors (Lipinski definition) is 3. The van der Waals surface area contributed by atoms with Gasteiger partial charge >= 0.3 is 0 Å². The fraction of sp³-hybridized carbons (Fsp3) is 0.923. The molecule has 2 N–H and O–H groups in total. The number of likely N-dealkylation sites (tertiary alicyclic amines) is 1. The monoisotopic (exact) mass is 221 g/mol. The second kappa shape index (κ2) is 4.73. The third kappa shape index (κ3) is 2.56. The van der Waals surface area contributed by atoms with E-state index in [4.69, 9.17) is 11.0 Å². The van der Waals surface area contributed by atoms with Gasteiger partial charge in [0.15, 0.2) is 0 Å². The first-order valence-electron chi connectivity index (χ1n) is 6.56. The van der Waals surface area contributed by atoms with E-state index in [0.29, 0.717) is 6.04 Å². The molecular weight excluding hydrogens is 198 g/mol. The lowest BCUT2D eigenvalue weighted by atomic mass is 9.78. The molecule has 1 saturated carbocycles. The second-order valence-electron chi connectivity index (χ2n) is 5.75. The van der Waals surface area contributed by atoms with Gasteiger partial charge in [0.2, 0.25) is 0 Å². The van der Waals surface area contributed by atoms with Crippen LogP contribution in [-0.4, -0.2) is 29.6 Å². The fourth-order valence-corrected chi connectivity index (χ4v) is 3.38. The first-order chi connectivity index (χ1) is 7.62. The van der Waals surface area contributed by atoms with Crippen LogP contribution in [0.15, 0.2) is 0 Å². The molecule has 1 heterocycles. The zero-order valence-corrected chi connectivity index (χ0v) is 10.3. The highest BCUT2D eigenvalue weighted by atomic mass is 15.2. The number of nitrogens with zero attached hydrogens (tertiary/aromatic N) is 2. The molecule has 0 aromatic heterocycles. The average Bonchev–Trinajstić information content (AvgIpc) is 2.29. The first kappa shape index (κ1) is 11.9. The number of rotatable bonds is 2. The van der Waals surface area contributed by atoms with Gasteiger partial charge in [-0.05, 0) is 45.1 Å². The number of piperidine rings is 1. The summed E-state index contributed by atoms with van der Waals surface area (Å²) < 4.78 is 0. The number of nitrogens with two attached hydrogens (primary N) is 1. The highest BCUT2D eigenvalue weighted by Gasteiger charge is 2.35. The van der Waals surface area contributed by atoms with Crippen LogP contribution in [0.25, 0.3) is 0 Å². The molecule has 0 spiro atoms. The molecule has 0 amide bonds. The van der Waals surface area contributed by atoms with Gasteiger partial charge in [0.05, 0.1) is 6.07 Å². The third-order valence-corrected chi connectivity index (χ3v) is 4.15. The molecule has 0 bridgehead atoms. The molecule has 1 unspecified atom stereocenters. The number of hydrogen-bond donors (Lipinski definition) is 1. The van der Waals surface area contributed by atoms with Crippen molar-refractivity contribution in [2.45, 2.75) is 57.0 Å². The van der Waals surface area contributed by atoms with Crippen molar-refractivity contribution < 1.29 is 0 Å². The standard InChI is InChI=1S/C13H23N3/c1-13(15,9-14)10-16-8-4-6-11-5-2-3-7-12(11)16/h11-12H,2-8,10,15H2,1H3/t11-,12-,13?/m1/s1. The Bertz CT molecular complexity index is 277. The van der Waals surface area contributed by atoms with Crippen molar-refractivity contribution in [1.29, 1.82) is 5.26 Å². The molecule has 0 aromatic carbocycles. The van der Waals surface area contributed by atoms with Gasteiger partial charge in [-0.3, -0.25) is 4.90 Å². The molecular formula is C13H23N3. The Morgan fingerprint density at radius 2 is 2.00 bits per heavy atom. The minimum atomic E-state index is -0.681. The maximum atomic E-state index is 9.02. The van der Waals surface area contributed by atoms with E-state index in [1.54, 1.807) is 0 Å². The number of fused-ring (bicyclic) bond motifs is 1.